The summed E-state index contributed by atoms with van der Waals surface area (Å²) >= 11 is 5.94. The van der Waals surface area contributed by atoms with Gasteiger partial charge in [0, 0.05) is 29.2 Å². The van der Waals surface area contributed by atoms with Crippen molar-refractivity contribution in [2.45, 2.75) is 26.3 Å². The summed E-state index contributed by atoms with van der Waals surface area (Å²) in [6.45, 7) is 2.31. The number of nitrogens with zero attached hydrogens (tertiary/aromatic N) is 3. The molecule has 4 aromatic rings. The van der Waals surface area contributed by atoms with Gasteiger partial charge < -0.3 is 10.6 Å². The second-order valence-corrected chi connectivity index (χ2v) is 7.52. The number of aromatic amines is 1. The van der Waals surface area contributed by atoms with Gasteiger partial charge in [-0.1, -0.05) is 48.0 Å². The lowest BCUT2D eigenvalue weighted by molar-refractivity contribution is -0.116. The largest absolute Gasteiger partial charge is 0.351 e. The maximum atomic E-state index is 12.9. The number of halogens is 1. The van der Waals surface area contributed by atoms with Crippen LogP contribution in [0.3, 0.4) is 0 Å². The van der Waals surface area contributed by atoms with Crippen LogP contribution in [0.1, 0.15) is 23.2 Å². The number of fused-ring (bicyclic) bond motifs is 1. The molecule has 1 amide bonds. The molecule has 0 fully saturated rings. The van der Waals surface area contributed by atoms with Crippen molar-refractivity contribution in [2.24, 2.45) is 0 Å². The molecule has 2 heterocycles. The number of hydrogen-bond donors (Lipinski definition) is 3. The van der Waals surface area contributed by atoms with Crippen molar-refractivity contribution in [1.82, 2.24) is 19.6 Å². The number of aromatic nitrogens is 4. The number of benzene rings is 2. The molecule has 31 heavy (non-hydrogen) atoms. The fourth-order valence-electron chi connectivity index (χ4n) is 3.23. The Bertz CT molecular complexity index is 1280. The van der Waals surface area contributed by atoms with E-state index in [-0.39, 0.29) is 30.1 Å². The van der Waals surface area contributed by atoms with E-state index in [9.17, 15) is 9.59 Å². The van der Waals surface area contributed by atoms with E-state index >= 15 is 0 Å². The second-order valence-electron chi connectivity index (χ2n) is 7.09. The Kier molecular flexibility index (Phi) is 5.99. The number of amides is 1. The van der Waals surface area contributed by atoms with Crippen LogP contribution in [0.5, 0.6) is 0 Å². The van der Waals surface area contributed by atoms with Crippen molar-refractivity contribution in [2.75, 3.05) is 10.6 Å². The number of carbonyl (C=O) groups excluding carboxylic acids is 1. The van der Waals surface area contributed by atoms with Crippen molar-refractivity contribution in [1.29, 1.82) is 0 Å². The third kappa shape index (κ3) is 4.92. The number of hydrogen-bond acceptors (Lipinski definition) is 5. The average Bonchev–Trinajstić information content (AvgIpc) is 3.16. The Morgan fingerprint density at radius 2 is 1.94 bits per heavy atom. The minimum atomic E-state index is -0.265. The molecule has 0 saturated carbocycles. The summed E-state index contributed by atoms with van der Waals surface area (Å²) in [5.41, 5.74) is 2.46. The molecule has 0 atom stereocenters. The highest BCUT2D eigenvalue weighted by Crippen LogP contribution is 2.15. The van der Waals surface area contributed by atoms with Gasteiger partial charge in [-0.05, 0) is 37.1 Å². The van der Waals surface area contributed by atoms with Gasteiger partial charge in [0.1, 0.15) is 0 Å². The van der Waals surface area contributed by atoms with E-state index < -0.39 is 0 Å². The van der Waals surface area contributed by atoms with E-state index in [1.165, 1.54) is 4.52 Å². The van der Waals surface area contributed by atoms with Gasteiger partial charge in [-0.15, -0.1) is 0 Å². The fourth-order valence-corrected chi connectivity index (χ4v) is 3.42. The molecule has 0 saturated heterocycles. The molecule has 158 valence electrons. The second kappa shape index (κ2) is 9.01. The van der Waals surface area contributed by atoms with Crippen molar-refractivity contribution in [3.63, 3.8) is 0 Å². The van der Waals surface area contributed by atoms with Crippen LogP contribution in [0.2, 0.25) is 5.02 Å². The number of rotatable bonds is 7. The summed E-state index contributed by atoms with van der Waals surface area (Å²) in [6, 6.07) is 16.8. The highest BCUT2D eigenvalue weighted by Gasteiger charge is 2.15. The van der Waals surface area contributed by atoms with Gasteiger partial charge in [-0.3, -0.25) is 14.7 Å². The summed E-state index contributed by atoms with van der Waals surface area (Å²) in [4.78, 5) is 34.0. The minimum Gasteiger partial charge on any atom is -0.351 e. The third-order valence-corrected chi connectivity index (χ3v) is 5.04. The van der Waals surface area contributed by atoms with Crippen LogP contribution >= 0.6 is 11.6 Å². The summed E-state index contributed by atoms with van der Waals surface area (Å²) in [6.07, 6.45) is 0.405. The zero-order valence-electron chi connectivity index (χ0n) is 16.9. The monoisotopic (exact) mass is 436 g/mol. The number of nitrogens with one attached hydrogen (secondary N) is 3. The molecule has 0 bridgehead atoms. The van der Waals surface area contributed by atoms with Crippen molar-refractivity contribution >= 4 is 34.9 Å². The summed E-state index contributed by atoms with van der Waals surface area (Å²) in [5, 5.41) is 9.42. The first-order chi connectivity index (χ1) is 15.0. The van der Waals surface area contributed by atoms with Crippen LogP contribution in [0.4, 0.5) is 11.6 Å². The SMILES string of the molecule is Cc1nc2nc(NCc3ccccc3)[nH]n2c(=O)c1CCC(=O)Nc1cccc(Cl)c1. The zero-order valence-corrected chi connectivity index (χ0v) is 17.6. The van der Waals surface area contributed by atoms with Gasteiger partial charge in [-0.2, -0.15) is 9.50 Å². The Labute approximate surface area is 183 Å². The van der Waals surface area contributed by atoms with Crippen LogP contribution in [0.15, 0.2) is 59.4 Å². The Morgan fingerprint density at radius 1 is 1.13 bits per heavy atom. The van der Waals surface area contributed by atoms with Crippen LogP contribution < -0.4 is 16.2 Å². The first kappa shape index (κ1) is 20.6. The molecule has 8 nitrogen and oxygen atoms in total. The van der Waals surface area contributed by atoms with Crippen molar-refractivity contribution in [3.05, 3.63) is 86.8 Å². The van der Waals surface area contributed by atoms with Crippen LogP contribution in [0.25, 0.3) is 5.78 Å². The lowest BCUT2D eigenvalue weighted by atomic mass is 10.1. The van der Waals surface area contributed by atoms with E-state index in [4.69, 9.17) is 11.6 Å². The summed E-state index contributed by atoms with van der Waals surface area (Å²) in [7, 11) is 0. The molecule has 0 spiro atoms. The van der Waals surface area contributed by atoms with Crippen molar-refractivity contribution < 1.29 is 4.79 Å². The molecule has 2 aromatic heterocycles. The van der Waals surface area contributed by atoms with Gasteiger partial charge in [0.2, 0.25) is 11.9 Å². The van der Waals surface area contributed by atoms with Crippen LogP contribution in [0, 0.1) is 6.92 Å². The van der Waals surface area contributed by atoms with E-state index in [1.54, 1.807) is 31.2 Å². The van der Waals surface area contributed by atoms with E-state index in [2.05, 4.69) is 25.7 Å². The van der Waals surface area contributed by atoms with Gasteiger partial charge >= 0.3 is 0 Å². The minimum absolute atomic E-state index is 0.142. The molecule has 0 aliphatic heterocycles. The van der Waals surface area contributed by atoms with E-state index in [0.717, 1.165) is 5.56 Å². The number of aryl methyl sites for hydroxylation is 1. The lowest BCUT2D eigenvalue weighted by Gasteiger charge is -2.07. The van der Waals surface area contributed by atoms with Gasteiger partial charge in [0.05, 0.1) is 5.69 Å². The Balaban J connectivity index is 1.46. The lowest BCUT2D eigenvalue weighted by Crippen LogP contribution is -2.23. The molecular formula is C22H21ClN6O2. The predicted molar refractivity (Wildman–Crippen MR) is 121 cm³/mol. The third-order valence-electron chi connectivity index (χ3n) is 4.81. The Morgan fingerprint density at radius 3 is 2.71 bits per heavy atom. The van der Waals surface area contributed by atoms with Crippen LogP contribution in [-0.4, -0.2) is 25.5 Å². The smallest absolute Gasteiger partial charge is 0.277 e. The van der Waals surface area contributed by atoms with Crippen molar-refractivity contribution in [3.8, 4) is 0 Å². The molecule has 0 radical (unpaired) electrons. The molecular weight excluding hydrogens is 416 g/mol. The molecule has 0 aliphatic carbocycles. The molecule has 9 heteroatoms. The maximum Gasteiger partial charge on any atom is 0.277 e. The fraction of sp³-hybridized carbons (Fsp3) is 0.182. The number of H-pyrrole nitrogens is 1. The Hall–Kier alpha value is -3.65. The van der Waals surface area contributed by atoms with Gasteiger partial charge in [-0.25, -0.2) is 4.98 Å². The number of anilines is 2. The first-order valence-electron chi connectivity index (χ1n) is 9.81. The molecule has 0 unspecified atom stereocenters. The highest BCUT2D eigenvalue weighted by atomic mass is 35.5. The predicted octanol–water partition coefficient (Wildman–Crippen LogP) is 3.56. The highest BCUT2D eigenvalue weighted by molar-refractivity contribution is 6.30. The standard InChI is InChI=1S/C22H21ClN6O2/c1-14-18(10-11-19(30)26-17-9-5-8-16(23)12-17)20(31)29-22(25-14)27-21(28-29)24-13-15-6-3-2-4-7-15/h2-9,12H,10-11,13H2,1H3,(H,26,30)(H2,24,25,27,28). The van der Waals surface area contributed by atoms with E-state index in [0.29, 0.717) is 34.5 Å². The summed E-state index contributed by atoms with van der Waals surface area (Å²) in [5.74, 6) is 0.523. The molecule has 3 N–H and O–H groups in total. The quantitative estimate of drug-likeness (QED) is 0.411. The summed E-state index contributed by atoms with van der Waals surface area (Å²) < 4.78 is 1.30. The topological polar surface area (TPSA) is 104 Å². The first-order valence-corrected chi connectivity index (χ1v) is 10.2. The maximum absolute atomic E-state index is 12.9. The van der Waals surface area contributed by atoms with E-state index in [1.807, 2.05) is 30.3 Å². The van der Waals surface area contributed by atoms with Gasteiger partial charge in [0.25, 0.3) is 11.3 Å². The molecule has 0 aliphatic rings. The van der Waals surface area contributed by atoms with Gasteiger partial charge in [0.15, 0.2) is 0 Å². The number of carbonyl (C=O) groups is 1. The van der Waals surface area contributed by atoms with Crippen LogP contribution in [-0.2, 0) is 17.8 Å². The molecule has 2 aromatic carbocycles. The zero-order chi connectivity index (χ0) is 21.8. The average molecular weight is 437 g/mol. The normalized spacial score (nSPS) is 10.9. The molecule has 4 rings (SSSR count).